The molecule has 2 unspecified atom stereocenters. The standard InChI is InChI=1S/C6H13NO3/c8-6-3-7-2-1-5(6)4-10-9/h5-9H,1-4H2. The molecule has 0 amide bonds. The average molecular weight is 147 g/mol. The molecule has 1 aliphatic rings. The predicted octanol–water partition coefficient (Wildman–Crippen LogP) is -0.554. The first-order valence-corrected chi connectivity index (χ1v) is 3.49. The first kappa shape index (κ1) is 7.94. The highest BCUT2D eigenvalue weighted by molar-refractivity contribution is 4.76. The van der Waals surface area contributed by atoms with Gasteiger partial charge in [-0.25, -0.2) is 4.89 Å². The molecule has 1 saturated heterocycles. The molecule has 0 aromatic rings. The van der Waals surface area contributed by atoms with Gasteiger partial charge in [-0.05, 0) is 13.0 Å². The van der Waals surface area contributed by atoms with Gasteiger partial charge in [-0.3, -0.25) is 5.26 Å². The van der Waals surface area contributed by atoms with E-state index in [4.69, 9.17) is 5.26 Å². The van der Waals surface area contributed by atoms with Gasteiger partial charge in [-0.15, -0.1) is 0 Å². The average Bonchev–Trinajstić information content (AvgIpc) is 1.94. The number of hydrogen-bond acceptors (Lipinski definition) is 4. The third-order valence-corrected chi connectivity index (χ3v) is 1.88. The molecule has 0 saturated carbocycles. The van der Waals surface area contributed by atoms with Crippen LogP contribution >= 0.6 is 0 Å². The maximum Gasteiger partial charge on any atom is 0.0873 e. The van der Waals surface area contributed by atoms with E-state index in [2.05, 4.69) is 10.2 Å². The quantitative estimate of drug-likeness (QED) is 0.362. The summed E-state index contributed by atoms with van der Waals surface area (Å²) in [6.07, 6.45) is 0.489. The van der Waals surface area contributed by atoms with Crippen LogP contribution in [-0.2, 0) is 4.89 Å². The Hall–Kier alpha value is -0.160. The molecule has 1 aliphatic heterocycles. The second kappa shape index (κ2) is 3.88. The second-order valence-electron chi connectivity index (χ2n) is 2.62. The van der Waals surface area contributed by atoms with Crippen LogP contribution in [0.4, 0.5) is 0 Å². The largest absolute Gasteiger partial charge is 0.391 e. The highest BCUT2D eigenvalue weighted by Gasteiger charge is 2.22. The molecule has 1 heterocycles. The fourth-order valence-corrected chi connectivity index (χ4v) is 1.19. The summed E-state index contributed by atoms with van der Waals surface area (Å²) in [4.78, 5) is 3.96. The summed E-state index contributed by atoms with van der Waals surface area (Å²) in [6, 6.07) is 0. The van der Waals surface area contributed by atoms with E-state index in [0.29, 0.717) is 6.54 Å². The lowest BCUT2D eigenvalue weighted by Gasteiger charge is -2.26. The van der Waals surface area contributed by atoms with Gasteiger partial charge >= 0.3 is 0 Å². The molecule has 0 radical (unpaired) electrons. The monoisotopic (exact) mass is 147 g/mol. The maximum absolute atomic E-state index is 9.25. The Labute approximate surface area is 59.7 Å². The van der Waals surface area contributed by atoms with Crippen molar-refractivity contribution in [2.75, 3.05) is 19.7 Å². The molecule has 0 spiro atoms. The summed E-state index contributed by atoms with van der Waals surface area (Å²) in [6.45, 7) is 1.74. The van der Waals surface area contributed by atoms with Gasteiger partial charge in [0.15, 0.2) is 0 Å². The van der Waals surface area contributed by atoms with Crippen molar-refractivity contribution in [3.63, 3.8) is 0 Å². The summed E-state index contributed by atoms with van der Waals surface area (Å²) in [7, 11) is 0. The summed E-state index contributed by atoms with van der Waals surface area (Å²) >= 11 is 0. The van der Waals surface area contributed by atoms with Gasteiger partial charge in [0.25, 0.3) is 0 Å². The van der Waals surface area contributed by atoms with Crippen molar-refractivity contribution in [3.05, 3.63) is 0 Å². The molecule has 3 N–H and O–H groups in total. The minimum atomic E-state index is -0.374. The summed E-state index contributed by atoms with van der Waals surface area (Å²) in [5.41, 5.74) is 0. The highest BCUT2D eigenvalue weighted by atomic mass is 17.1. The molecule has 0 aromatic heterocycles. The number of piperidine rings is 1. The van der Waals surface area contributed by atoms with Crippen molar-refractivity contribution in [3.8, 4) is 0 Å². The molecule has 10 heavy (non-hydrogen) atoms. The van der Waals surface area contributed by atoms with Crippen molar-refractivity contribution >= 4 is 0 Å². The third-order valence-electron chi connectivity index (χ3n) is 1.88. The lowest BCUT2D eigenvalue weighted by molar-refractivity contribution is -0.257. The first-order chi connectivity index (χ1) is 4.84. The van der Waals surface area contributed by atoms with E-state index in [1.807, 2.05) is 0 Å². The van der Waals surface area contributed by atoms with Gasteiger partial charge in [0, 0.05) is 12.5 Å². The molecule has 2 atom stereocenters. The zero-order valence-corrected chi connectivity index (χ0v) is 5.79. The minimum Gasteiger partial charge on any atom is -0.391 e. The Morgan fingerprint density at radius 2 is 2.40 bits per heavy atom. The molecule has 1 rings (SSSR count). The third kappa shape index (κ3) is 1.91. The number of aliphatic hydroxyl groups excluding tert-OH is 1. The van der Waals surface area contributed by atoms with Gasteiger partial charge in [0.05, 0.1) is 12.7 Å². The van der Waals surface area contributed by atoms with E-state index in [-0.39, 0.29) is 18.6 Å². The van der Waals surface area contributed by atoms with E-state index in [1.165, 1.54) is 0 Å². The molecule has 0 aliphatic carbocycles. The Bertz CT molecular complexity index is 97.0. The lowest BCUT2D eigenvalue weighted by Crippen LogP contribution is -2.42. The first-order valence-electron chi connectivity index (χ1n) is 3.49. The minimum absolute atomic E-state index is 0.0891. The van der Waals surface area contributed by atoms with E-state index >= 15 is 0 Å². The van der Waals surface area contributed by atoms with Gasteiger partial charge in [-0.2, -0.15) is 0 Å². The Kier molecular flexibility index (Phi) is 3.08. The zero-order valence-electron chi connectivity index (χ0n) is 5.79. The number of nitrogens with one attached hydrogen (secondary N) is 1. The Morgan fingerprint density at radius 3 is 3.00 bits per heavy atom. The predicted molar refractivity (Wildman–Crippen MR) is 35.6 cm³/mol. The summed E-state index contributed by atoms with van der Waals surface area (Å²) < 4.78 is 0. The van der Waals surface area contributed by atoms with Crippen LogP contribution in [0.3, 0.4) is 0 Å². The molecule has 1 fully saturated rings. The van der Waals surface area contributed by atoms with Crippen LogP contribution in [-0.4, -0.2) is 36.2 Å². The fraction of sp³-hybridized carbons (Fsp3) is 1.00. The van der Waals surface area contributed by atoms with Gasteiger partial charge < -0.3 is 10.4 Å². The van der Waals surface area contributed by atoms with Crippen LogP contribution in [0.1, 0.15) is 6.42 Å². The number of β-amino-alcohol motifs (C(OH)–C–C–N with tert-alkyl or cyclic N) is 1. The fourth-order valence-electron chi connectivity index (χ4n) is 1.19. The number of rotatable bonds is 2. The van der Waals surface area contributed by atoms with E-state index in [1.54, 1.807) is 0 Å². The van der Waals surface area contributed by atoms with Crippen molar-refractivity contribution in [1.82, 2.24) is 5.32 Å². The van der Waals surface area contributed by atoms with Crippen LogP contribution in [0.2, 0.25) is 0 Å². The molecular formula is C6H13NO3. The van der Waals surface area contributed by atoms with E-state index in [0.717, 1.165) is 13.0 Å². The molecule has 0 aromatic carbocycles. The second-order valence-corrected chi connectivity index (χ2v) is 2.62. The number of hydrogen-bond donors (Lipinski definition) is 3. The van der Waals surface area contributed by atoms with Crippen molar-refractivity contribution in [1.29, 1.82) is 0 Å². The van der Waals surface area contributed by atoms with Crippen molar-refractivity contribution < 1.29 is 15.3 Å². The molecule has 60 valence electrons. The van der Waals surface area contributed by atoms with Crippen LogP contribution < -0.4 is 5.32 Å². The van der Waals surface area contributed by atoms with E-state index in [9.17, 15) is 5.11 Å². The van der Waals surface area contributed by atoms with Gasteiger partial charge in [0.2, 0.25) is 0 Å². The van der Waals surface area contributed by atoms with Crippen LogP contribution in [0.25, 0.3) is 0 Å². The summed E-state index contributed by atoms with van der Waals surface area (Å²) in [5, 5.41) is 20.4. The summed E-state index contributed by atoms with van der Waals surface area (Å²) in [5.74, 6) is 0.0891. The molecule has 4 nitrogen and oxygen atoms in total. The maximum atomic E-state index is 9.25. The normalized spacial score (nSPS) is 34.2. The highest BCUT2D eigenvalue weighted by Crippen LogP contribution is 2.11. The molecule has 4 heteroatoms. The van der Waals surface area contributed by atoms with Crippen LogP contribution in [0, 0.1) is 5.92 Å². The van der Waals surface area contributed by atoms with E-state index < -0.39 is 0 Å². The SMILES string of the molecule is OOCC1CCNCC1O. The Morgan fingerprint density at radius 1 is 1.60 bits per heavy atom. The smallest absolute Gasteiger partial charge is 0.0873 e. The molecular weight excluding hydrogens is 134 g/mol. The number of aliphatic hydroxyl groups is 1. The zero-order chi connectivity index (χ0) is 7.40. The van der Waals surface area contributed by atoms with Gasteiger partial charge in [0.1, 0.15) is 0 Å². The van der Waals surface area contributed by atoms with Crippen molar-refractivity contribution in [2.45, 2.75) is 12.5 Å². The Balaban J connectivity index is 2.25. The van der Waals surface area contributed by atoms with Gasteiger partial charge in [-0.1, -0.05) is 0 Å². The molecule has 0 bridgehead atoms. The van der Waals surface area contributed by atoms with Crippen LogP contribution in [0.15, 0.2) is 0 Å². The van der Waals surface area contributed by atoms with Crippen LogP contribution in [0.5, 0.6) is 0 Å². The van der Waals surface area contributed by atoms with Crippen molar-refractivity contribution in [2.24, 2.45) is 5.92 Å². The lowest BCUT2D eigenvalue weighted by atomic mass is 9.96. The topological polar surface area (TPSA) is 61.7 Å².